The molecule has 0 aliphatic carbocycles. The third-order valence-corrected chi connectivity index (χ3v) is 4.35. The molecule has 0 aliphatic heterocycles. The lowest BCUT2D eigenvalue weighted by molar-refractivity contribution is -0.123. The van der Waals surface area contributed by atoms with Crippen LogP contribution in [-0.2, 0) is 16.1 Å². The summed E-state index contributed by atoms with van der Waals surface area (Å²) in [7, 11) is 0. The third-order valence-electron chi connectivity index (χ3n) is 4.35. The minimum Gasteiger partial charge on any atom is -0.492 e. The molecule has 162 valence electrons. The van der Waals surface area contributed by atoms with Crippen LogP contribution in [0.5, 0.6) is 5.75 Å². The SMILES string of the molecule is CC(OC(=O)c1ccc(=O)n(CCOc2ccccc2)n1)C(=O)Nc1ccccc1C#N. The molecule has 0 saturated heterocycles. The second kappa shape index (κ2) is 10.5. The zero-order valence-corrected chi connectivity index (χ0v) is 17.2. The largest absolute Gasteiger partial charge is 0.492 e. The van der Waals surface area contributed by atoms with Gasteiger partial charge in [-0.2, -0.15) is 10.4 Å². The number of anilines is 1. The van der Waals surface area contributed by atoms with Gasteiger partial charge in [0.25, 0.3) is 11.5 Å². The Morgan fingerprint density at radius 3 is 2.56 bits per heavy atom. The highest BCUT2D eigenvalue weighted by Gasteiger charge is 2.21. The van der Waals surface area contributed by atoms with Crippen LogP contribution in [0.25, 0.3) is 0 Å². The first-order valence-electron chi connectivity index (χ1n) is 9.75. The Morgan fingerprint density at radius 1 is 1.09 bits per heavy atom. The maximum absolute atomic E-state index is 12.4. The molecule has 9 nitrogen and oxygen atoms in total. The van der Waals surface area contributed by atoms with E-state index in [0.717, 1.165) is 4.68 Å². The molecule has 2 aromatic carbocycles. The summed E-state index contributed by atoms with van der Waals surface area (Å²) >= 11 is 0. The first-order chi connectivity index (χ1) is 15.5. The van der Waals surface area contributed by atoms with Gasteiger partial charge in [-0.15, -0.1) is 0 Å². The topological polar surface area (TPSA) is 123 Å². The second-order valence-corrected chi connectivity index (χ2v) is 6.64. The highest BCUT2D eigenvalue weighted by Crippen LogP contribution is 2.14. The predicted octanol–water partition coefficient (Wildman–Crippen LogP) is 2.38. The predicted molar refractivity (Wildman–Crippen MR) is 115 cm³/mol. The number of nitriles is 1. The number of carbonyl (C=O) groups excluding carboxylic acids is 2. The minimum atomic E-state index is -1.15. The summed E-state index contributed by atoms with van der Waals surface area (Å²) in [6.45, 7) is 1.69. The van der Waals surface area contributed by atoms with Crippen molar-refractivity contribution in [3.8, 4) is 11.8 Å². The number of hydrogen-bond donors (Lipinski definition) is 1. The molecule has 1 amide bonds. The summed E-state index contributed by atoms with van der Waals surface area (Å²) in [5.41, 5.74) is 0.0670. The summed E-state index contributed by atoms with van der Waals surface area (Å²) in [5, 5.41) is 15.7. The number of para-hydroxylation sites is 2. The smallest absolute Gasteiger partial charge is 0.359 e. The molecule has 0 saturated carbocycles. The first kappa shape index (κ1) is 22.2. The van der Waals surface area contributed by atoms with Crippen LogP contribution in [0.2, 0.25) is 0 Å². The van der Waals surface area contributed by atoms with Gasteiger partial charge in [-0.25, -0.2) is 9.48 Å². The molecule has 0 spiro atoms. The maximum atomic E-state index is 12.4. The summed E-state index contributed by atoms with van der Waals surface area (Å²) in [6, 6.07) is 19.9. The normalized spacial score (nSPS) is 11.1. The number of aromatic nitrogens is 2. The molecule has 0 aliphatic rings. The Hall–Kier alpha value is -4.45. The number of benzene rings is 2. The molecule has 0 bridgehead atoms. The fourth-order valence-electron chi connectivity index (χ4n) is 2.68. The van der Waals surface area contributed by atoms with Crippen LogP contribution in [0, 0.1) is 11.3 Å². The molecule has 0 radical (unpaired) electrons. The lowest BCUT2D eigenvalue weighted by atomic mass is 10.2. The molecular weight excluding hydrogens is 412 g/mol. The zero-order chi connectivity index (χ0) is 22.9. The van der Waals surface area contributed by atoms with Gasteiger partial charge in [0.2, 0.25) is 0 Å². The van der Waals surface area contributed by atoms with Gasteiger partial charge in [-0.3, -0.25) is 9.59 Å². The van der Waals surface area contributed by atoms with Crippen LogP contribution in [0.1, 0.15) is 23.0 Å². The van der Waals surface area contributed by atoms with Crippen molar-refractivity contribution in [2.75, 3.05) is 11.9 Å². The molecule has 3 rings (SSSR count). The Kier molecular flexibility index (Phi) is 7.33. The van der Waals surface area contributed by atoms with Crippen molar-refractivity contribution in [2.24, 2.45) is 0 Å². The van der Waals surface area contributed by atoms with Gasteiger partial charge in [0.05, 0.1) is 17.8 Å². The van der Waals surface area contributed by atoms with Crippen molar-refractivity contribution in [2.45, 2.75) is 19.6 Å². The van der Waals surface area contributed by atoms with Crippen LogP contribution >= 0.6 is 0 Å². The van der Waals surface area contributed by atoms with Gasteiger partial charge in [-0.1, -0.05) is 30.3 Å². The van der Waals surface area contributed by atoms with Crippen molar-refractivity contribution in [1.82, 2.24) is 9.78 Å². The Bertz CT molecular complexity index is 1200. The van der Waals surface area contributed by atoms with E-state index in [4.69, 9.17) is 14.7 Å². The number of hydrogen-bond acceptors (Lipinski definition) is 7. The molecule has 1 heterocycles. The van der Waals surface area contributed by atoms with Gasteiger partial charge in [0, 0.05) is 6.07 Å². The monoisotopic (exact) mass is 432 g/mol. The highest BCUT2D eigenvalue weighted by molar-refractivity contribution is 5.97. The van der Waals surface area contributed by atoms with Crippen LogP contribution in [0.3, 0.4) is 0 Å². The third kappa shape index (κ3) is 5.79. The van der Waals surface area contributed by atoms with E-state index in [1.165, 1.54) is 19.1 Å². The molecule has 1 unspecified atom stereocenters. The van der Waals surface area contributed by atoms with E-state index in [0.29, 0.717) is 11.4 Å². The highest BCUT2D eigenvalue weighted by atomic mass is 16.5. The Morgan fingerprint density at radius 2 is 1.81 bits per heavy atom. The minimum absolute atomic E-state index is 0.121. The molecule has 9 heteroatoms. The summed E-state index contributed by atoms with van der Waals surface area (Å²) in [4.78, 5) is 36.8. The van der Waals surface area contributed by atoms with E-state index in [9.17, 15) is 14.4 Å². The number of nitrogens with zero attached hydrogens (tertiary/aromatic N) is 3. The molecule has 0 fully saturated rings. The maximum Gasteiger partial charge on any atom is 0.359 e. The van der Waals surface area contributed by atoms with E-state index < -0.39 is 23.5 Å². The number of carbonyl (C=O) groups is 2. The number of amides is 1. The summed E-state index contributed by atoms with van der Waals surface area (Å²) < 4.78 is 11.8. The van der Waals surface area contributed by atoms with Gasteiger partial charge in [0.15, 0.2) is 11.8 Å². The van der Waals surface area contributed by atoms with E-state index in [2.05, 4.69) is 10.4 Å². The van der Waals surface area contributed by atoms with E-state index in [-0.39, 0.29) is 24.4 Å². The van der Waals surface area contributed by atoms with Gasteiger partial charge >= 0.3 is 5.97 Å². The fourth-order valence-corrected chi connectivity index (χ4v) is 2.68. The van der Waals surface area contributed by atoms with Crippen LogP contribution in [-0.4, -0.2) is 34.4 Å². The summed E-state index contributed by atoms with van der Waals surface area (Å²) in [6.07, 6.45) is -1.15. The molecule has 32 heavy (non-hydrogen) atoms. The van der Waals surface area contributed by atoms with Crippen LogP contribution < -0.4 is 15.6 Å². The lowest BCUT2D eigenvalue weighted by Gasteiger charge is -2.14. The van der Waals surface area contributed by atoms with Gasteiger partial charge in [-0.05, 0) is 37.3 Å². The average Bonchev–Trinajstić information content (AvgIpc) is 2.81. The fraction of sp³-hybridized carbons (Fsp3) is 0.174. The number of ether oxygens (including phenoxy) is 2. The van der Waals surface area contributed by atoms with Crippen molar-refractivity contribution >= 4 is 17.6 Å². The number of esters is 1. The molecule has 3 aromatic rings. The second-order valence-electron chi connectivity index (χ2n) is 6.64. The standard InChI is InChI=1S/C23H20N4O5/c1-16(22(29)25-19-10-6-5-7-17(19)15-24)32-23(30)20-11-12-21(28)27(26-20)13-14-31-18-8-3-2-4-9-18/h2-12,16H,13-14H2,1H3,(H,25,29). The zero-order valence-electron chi connectivity index (χ0n) is 17.2. The van der Waals surface area contributed by atoms with Crippen molar-refractivity contribution in [3.63, 3.8) is 0 Å². The Labute approximate surface area is 183 Å². The lowest BCUT2D eigenvalue weighted by Crippen LogP contribution is -2.32. The van der Waals surface area contributed by atoms with Crippen molar-refractivity contribution < 1.29 is 19.1 Å². The van der Waals surface area contributed by atoms with Gasteiger partial charge in [0.1, 0.15) is 18.4 Å². The van der Waals surface area contributed by atoms with Crippen molar-refractivity contribution in [1.29, 1.82) is 5.26 Å². The Balaban J connectivity index is 1.60. The van der Waals surface area contributed by atoms with E-state index in [1.807, 2.05) is 24.3 Å². The molecular formula is C23H20N4O5. The van der Waals surface area contributed by atoms with E-state index >= 15 is 0 Å². The molecule has 1 N–H and O–H groups in total. The van der Waals surface area contributed by atoms with Crippen LogP contribution in [0.4, 0.5) is 5.69 Å². The van der Waals surface area contributed by atoms with Gasteiger partial charge < -0.3 is 14.8 Å². The summed E-state index contributed by atoms with van der Waals surface area (Å²) in [5.74, 6) is -0.821. The first-order valence-corrected chi connectivity index (χ1v) is 9.75. The van der Waals surface area contributed by atoms with Crippen molar-refractivity contribution in [3.05, 3.63) is 88.3 Å². The van der Waals surface area contributed by atoms with Crippen LogP contribution in [0.15, 0.2) is 71.5 Å². The van der Waals surface area contributed by atoms with E-state index in [1.54, 1.807) is 36.4 Å². The number of nitrogens with one attached hydrogen (secondary N) is 1. The molecule has 1 aromatic heterocycles. The number of rotatable bonds is 8. The quantitative estimate of drug-likeness (QED) is 0.542. The molecule has 1 atom stereocenters. The average molecular weight is 432 g/mol.